The minimum atomic E-state index is -0.460. The highest BCUT2D eigenvalue weighted by atomic mass is 16.6. The number of hydrogen-bond donors (Lipinski definition) is 2. The molecule has 1 amide bonds. The molecule has 0 aromatic rings. The maximum absolute atomic E-state index is 11.7. The predicted octanol–water partition coefficient (Wildman–Crippen LogP) is 2.84. The van der Waals surface area contributed by atoms with E-state index in [0.29, 0.717) is 31.0 Å². The molecule has 5 nitrogen and oxygen atoms in total. The fraction of sp³-hybridized carbons (Fsp3) is 0.941. The Morgan fingerprint density at radius 1 is 1.14 bits per heavy atom. The van der Waals surface area contributed by atoms with Crippen LogP contribution in [0.25, 0.3) is 0 Å². The number of nitrogens with one attached hydrogen (secondary N) is 1. The summed E-state index contributed by atoms with van der Waals surface area (Å²) in [6.45, 7) is 17.7. The van der Waals surface area contributed by atoms with E-state index in [1.54, 1.807) is 0 Å². The number of amides is 1. The van der Waals surface area contributed by atoms with Gasteiger partial charge in [0, 0.05) is 32.2 Å². The van der Waals surface area contributed by atoms with Gasteiger partial charge in [0.15, 0.2) is 0 Å². The quantitative estimate of drug-likeness (QED) is 0.686. The van der Waals surface area contributed by atoms with Gasteiger partial charge in [0.05, 0.1) is 0 Å². The summed E-state index contributed by atoms with van der Waals surface area (Å²) in [4.78, 5) is 14.1. The van der Waals surface area contributed by atoms with Gasteiger partial charge in [-0.15, -0.1) is 0 Å². The molecule has 5 heteroatoms. The molecule has 0 saturated carbocycles. The summed E-state index contributed by atoms with van der Waals surface area (Å²) < 4.78 is 5.25. The van der Waals surface area contributed by atoms with E-state index in [-0.39, 0.29) is 6.09 Å². The fourth-order valence-corrected chi connectivity index (χ4v) is 2.42. The van der Waals surface area contributed by atoms with Gasteiger partial charge in [-0.25, -0.2) is 4.79 Å². The Labute approximate surface area is 137 Å². The monoisotopic (exact) mass is 315 g/mol. The molecule has 0 aliphatic rings. The molecule has 1 unspecified atom stereocenters. The van der Waals surface area contributed by atoms with Crippen molar-refractivity contribution in [3.05, 3.63) is 0 Å². The van der Waals surface area contributed by atoms with Crippen LogP contribution in [-0.2, 0) is 4.74 Å². The lowest BCUT2D eigenvalue weighted by Gasteiger charge is -2.33. The molecule has 22 heavy (non-hydrogen) atoms. The summed E-state index contributed by atoms with van der Waals surface area (Å²) in [5, 5.41) is 2.82. The Hall–Kier alpha value is -0.810. The zero-order valence-corrected chi connectivity index (χ0v) is 15.6. The number of hydrogen-bond acceptors (Lipinski definition) is 4. The number of alkyl carbamates (subject to hydrolysis) is 1. The van der Waals surface area contributed by atoms with Crippen LogP contribution in [0.2, 0.25) is 0 Å². The van der Waals surface area contributed by atoms with Gasteiger partial charge >= 0.3 is 6.09 Å². The van der Waals surface area contributed by atoms with Crippen LogP contribution in [0, 0.1) is 11.8 Å². The van der Waals surface area contributed by atoms with Gasteiger partial charge in [-0.1, -0.05) is 27.7 Å². The Morgan fingerprint density at radius 2 is 1.64 bits per heavy atom. The summed E-state index contributed by atoms with van der Waals surface area (Å²) in [6, 6.07) is 0.291. The molecule has 0 saturated heterocycles. The number of rotatable bonds is 9. The van der Waals surface area contributed by atoms with Crippen molar-refractivity contribution in [2.24, 2.45) is 17.6 Å². The topological polar surface area (TPSA) is 67.6 Å². The molecule has 0 aliphatic carbocycles. The lowest BCUT2D eigenvalue weighted by atomic mass is 10.1. The van der Waals surface area contributed by atoms with Gasteiger partial charge in [0.25, 0.3) is 0 Å². The Morgan fingerprint density at radius 3 is 2.00 bits per heavy atom. The van der Waals surface area contributed by atoms with Gasteiger partial charge in [-0.05, 0) is 39.0 Å². The van der Waals surface area contributed by atoms with Crippen LogP contribution < -0.4 is 11.1 Å². The van der Waals surface area contributed by atoms with Crippen LogP contribution in [0.4, 0.5) is 4.79 Å². The minimum absolute atomic E-state index is 0.291. The highest BCUT2D eigenvalue weighted by molar-refractivity contribution is 5.67. The summed E-state index contributed by atoms with van der Waals surface area (Å²) in [6.07, 6.45) is 0.484. The Kier molecular flexibility index (Phi) is 9.69. The molecule has 1 atom stereocenters. The van der Waals surface area contributed by atoms with E-state index in [4.69, 9.17) is 10.5 Å². The average molecular weight is 316 g/mol. The third-order valence-electron chi connectivity index (χ3n) is 3.13. The normalized spacial score (nSPS) is 13.8. The standard InChI is InChI=1S/C17H37N3O2/c1-13(2)11-20(12-14(3)4)15(10-18)8-9-19-16(21)22-17(5,6)7/h13-15H,8-12,18H2,1-7H3,(H,19,21). The number of nitrogens with zero attached hydrogens (tertiary/aromatic N) is 1. The van der Waals surface area contributed by atoms with E-state index >= 15 is 0 Å². The number of carbonyl (C=O) groups excluding carboxylic acids is 1. The molecule has 0 aromatic carbocycles. The van der Waals surface area contributed by atoms with E-state index in [1.807, 2.05) is 20.8 Å². The van der Waals surface area contributed by atoms with Crippen LogP contribution in [0.1, 0.15) is 54.9 Å². The first-order chi connectivity index (χ1) is 10.0. The Balaban J connectivity index is 4.38. The second-order valence-electron chi connectivity index (χ2n) is 7.85. The molecule has 0 rings (SSSR count). The molecule has 0 aliphatic heterocycles. The molecule has 0 fully saturated rings. The van der Waals surface area contributed by atoms with Crippen LogP contribution in [0.3, 0.4) is 0 Å². The first-order valence-corrected chi connectivity index (χ1v) is 8.46. The van der Waals surface area contributed by atoms with E-state index in [1.165, 1.54) is 0 Å². The smallest absolute Gasteiger partial charge is 0.407 e. The molecular formula is C17H37N3O2. The largest absolute Gasteiger partial charge is 0.444 e. The maximum Gasteiger partial charge on any atom is 0.407 e. The van der Waals surface area contributed by atoms with Crippen molar-refractivity contribution in [3.8, 4) is 0 Å². The lowest BCUT2D eigenvalue weighted by Crippen LogP contribution is -2.46. The van der Waals surface area contributed by atoms with Crippen molar-refractivity contribution in [2.75, 3.05) is 26.2 Å². The molecule has 0 spiro atoms. The van der Waals surface area contributed by atoms with Crippen molar-refractivity contribution in [3.63, 3.8) is 0 Å². The summed E-state index contributed by atoms with van der Waals surface area (Å²) in [5.74, 6) is 1.21. The fourth-order valence-electron chi connectivity index (χ4n) is 2.42. The van der Waals surface area contributed by atoms with Crippen molar-refractivity contribution in [1.82, 2.24) is 10.2 Å². The predicted molar refractivity (Wildman–Crippen MR) is 92.9 cm³/mol. The molecule has 0 heterocycles. The minimum Gasteiger partial charge on any atom is -0.444 e. The van der Waals surface area contributed by atoms with Gasteiger partial charge < -0.3 is 15.8 Å². The van der Waals surface area contributed by atoms with Gasteiger partial charge in [-0.2, -0.15) is 0 Å². The third kappa shape index (κ3) is 10.9. The van der Waals surface area contributed by atoms with Crippen LogP contribution in [0.5, 0.6) is 0 Å². The van der Waals surface area contributed by atoms with Crippen LogP contribution >= 0.6 is 0 Å². The average Bonchev–Trinajstić information content (AvgIpc) is 2.30. The second-order valence-corrected chi connectivity index (χ2v) is 7.85. The second kappa shape index (κ2) is 10.1. The van der Waals surface area contributed by atoms with Crippen molar-refractivity contribution in [1.29, 1.82) is 0 Å². The van der Waals surface area contributed by atoms with E-state index in [9.17, 15) is 4.79 Å². The molecule has 0 aromatic heterocycles. The Bertz CT molecular complexity index is 302. The van der Waals surface area contributed by atoms with Gasteiger partial charge in [0.2, 0.25) is 0 Å². The van der Waals surface area contributed by atoms with Crippen molar-refractivity contribution < 1.29 is 9.53 Å². The van der Waals surface area contributed by atoms with Gasteiger partial charge in [0.1, 0.15) is 5.60 Å². The molecule has 0 bridgehead atoms. The van der Waals surface area contributed by atoms with E-state index < -0.39 is 5.60 Å². The number of nitrogens with two attached hydrogens (primary N) is 1. The van der Waals surface area contributed by atoms with E-state index in [2.05, 4.69) is 37.9 Å². The van der Waals surface area contributed by atoms with Crippen molar-refractivity contribution >= 4 is 6.09 Å². The lowest BCUT2D eigenvalue weighted by molar-refractivity contribution is 0.0520. The molecule has 0 radical (unpaired) electrons. The van der Waals surface area contributed by atoms with Crippen LogP contribution in [-0.4, -0.2) is 48.8 Å². The summed E-state index contributed by atoms with van der Waals surface area (Å²) >= 11 is 0. The zero-order valence-electron chi connectivity index (χ0n) is 15.6. The molecular weight excluding hydrogens is 278 g/mol. The van der Waals surface area contributed by atoms with Crippen molar-refractivity contribution in [2.45, 2.75) is 66.5 Å². The zero-order chi connectivity index (χ0) is 17.3. The summed E-state index contributed by atoms with van der Waals surface area (Å²) in [5.41, 5.74) is 5.50. The summed E-state index contributed by atoms with van der Waals surface area (Å²) in [7, 11) is 0. The first-order valence-electron chi connectivity index (χ1n) is 8.46. The number of carbonyl (C=O) groups is 1. The molecule has 132 valence electrons. The number of ether oxygens (including phenoxy) is 1. The highest BCUT2D eigenvalue weighted by Gasteiger charge is 2.20. The molecule has 3 N–H and O–H groups in total. The SMILES string of the molecule is CC(C)CN(CC(C)C)C(CN)CCNC(=O)OC(C)(C)C. The highest BCUT2D eigenvalue weighted by Crippen LogP contribution is 2.11. The van der Waals surface area contributed by atoms with Crippen LogP contribution in [0.15, 0.2) is 0 Å². The van der Waals surface area contributed by atoms with E-state index in [0.717, 1.165) is 19.5 Å². The first kappa shape index (κ1) is 21.2. The third-order valence-corrected chi connectivity index (χ3v) is 3.13. The maximum atomic E-state index is 11.7. The van der Waals surface area contributed by atoms with Gasteiger partial charge in [-0.3, -0.25) is 4.90 Å².